The van der Waals surface area contributed by atoms with E-state index >= 15 is 0 Å². The standard InChI is InChI=1S/C21H19F3N4O3S2/c22-21(23,24)15-5-3-14(4-6-15)18-10-16(26-13-27-18)11-25-20(29)19-2-1-8-28(19)33(30,31)17-7-9-32-12-17/h3-7,9-10,12-13,19H,1-2,8,11H2,(H,25,29). The van der Waals surface area contributed by atoms with Crippen LogP contribution < -0.4 is 5.32 Å². The van der Waals surface area contributed by atoms with Crippen LogP contribution in [0.5, 0.6) is 0 Å². The fourth-order valence-corrected chi connectivity index (χ4v) is 6.27. The van der Waals surface area contributed by atoms with Crippen molar-refractivity contribution in [2.24, 2.45) is 0 Å². The topological polar surface area (TPSA) is 92.3 Å². The van der Waals surface area contributed by atoms with Crippen LogP contribution in [0.2, 0.25) is 0 Å². The molecule has 1 fully saturated rings. The van der Waals surface area contributed by atoms with E-state index in [1.807, 2.05) is 0 Å². The van der Waals surface area contributed by atoms with Crippen molar-refractivity contribution in [1.29, 1.82) is 0 Å². The minimum absolute atomic E-state index is 0.0256. The van der Waals surface area contributed by atoms with Gasteiger partial charge in [0, 0.05) is 17.5 Å². The number of sulfonamides is 1. The molecule has 1 N–H and O–H groups in total. The van der Waals surface area contributed by atoms with Crippen molar-refractivity contribution in [3.8, 4) is 11.3 Å². The average molecular weight is 497 g/mol. The van der Waals surface area contributed by atoms with Gasteiger partial charge in [0.1, 0.15) is 12.4 Å². The molecule has 1 aliphatic heterocycles. The van der Waals surface area contributed by atoms with E-state index in [-0.39, 0.29) is 18.0 Å². The summed E-state index contributed by atoms with van der Waals surface area (Å²) >= 11 is 1.27. The SMILES string of the molecule is O=C(NCc1cc(-c2ccc(C(F)(F)F)cc2)ncn1)C1CCCN1S(=O)(=O)c1ccsc1. The number of benzene rings is 1. The molecule has 1 saturated heterocycles. The molecular formula is C21H19F3N4O3S2. The molecule has 3 aromatic rings. The second-order valence-corrected chi connectivity index (χ2v) is 10.1. The van der Waals surface area contributed by atoms with Gasteiger partial charge in [-0.25, -0.2) is 18.4 Å². The van der Waals surface area contributed by atoms with Crippen molar-refractivity contribution in [2.45, 2.75) is 36.5 Å². The van der Waals surface area contributed by atoms with Gasteiger partial charge in [-0.15, -0.1) is 0 Å². The van der Waals surface area contributed by atoms with Gasteiger partial charge in [0.05, 0.1) is 28.4 Å². The molecule has 0 bridgehead atoms. The van der Waals surface area contributed by atoms with Gasteiger partial charge in [-0.2, -0.15) is 28.8 Å². The minimum Gasteiger partial charge on any atom is -0.349 e. The summed E-state index contributed by atoms with van der Waals surface area (Å²) in [6.07, 6.45) is -2.18. The molecule has 1 unspecified atom stereocenters. The number of carbonyl (C=O) groups is 1. The number of carbonyl (C=O) groups excluding carboxylic acids is 1. The van der Waals surface area contributed by atoms with Gasteiger partial charge in [-0.1, -0.05) is 12.1 Å². The van der Waals surface area contributed by atoms with Crippen LogP contribution in [0.4, 0.5) is 13.2 Å². The van der Waals surface area contributed by atoms with E-state index in [1.54, 1.807) is 11.4 Å². The highest BCUT2D eigenvalue weighted by Crippen LogP contribution is 2.31. The van der Waals surface area contributed by atoms with Crippen LogP contribution in [0.3, 0.4) is 0 Å². The predicted molar refractivity (Wildman–Crippen MR) is 116 cm³/mol. The zero-order valence-corrected chi connectivity index (χ0v) is 18.8. The highest BCUT2D eigenvalue weighted by atomic mass is 32.2. The summed E-state index contributed by atoms with van der Waals surface area (Å²) < 4.78 is 65.2. The fraction of sp³-hybridized carbons (Fsp3) is 0.286. The Labute approximate surface area is 192 Å². The molecule has 1 aliphatic rings. The molecule has 1 amide bonds. The molecule has 1 atom stereocenters. The number of aromatic nitrogens is 2. The Morgan fingerprint density at radius 1 is 1.18 bits per heavy atom. The number of nitrogens with one attached hydrogen (secondary N) is 1. The highest BCUT2D eigenvalue weighted by Gasteiger charge is 2.39. The first kappa shape index (κ1) is 23.3. The maximum Gasteiger partial charge on any atom is 0.416 e. The Balaban J connectivity index is 1.44. The van der Waals surface area contributed by atoms with Crippen molar-refractivity contribution in [3.63, 3.8) is 0 Å². The first-order valence-corrected chi connectivity index (χ1v) is 12.3. The highest BCUT2D eigenvalue weighted by molar-refractivity contribution is 7.89. The number of nitrogens with zero attached hydrogens (tertiary/aromatic N) is 3. The fourth-order valence-electron chi connectivity index (χ4n) is 3.60. The van der Waals surface area contributed by atoms with Gasteiger partial charge in [0.15, 0.2) is 0 Å². The molecule has 12 heteroatoms. The molecule has 2 aromatic heterocycles. The van der Waals surface area contributed by atoms with Crippen molar-refractivity contribution in [2.75, 3.05) is 6.54 Å². The third-order valence-corrected chi connectivity index (χ3v) is 8.02. The van der Waals surface area contributed by atoms with Crippen molar-refractivity contribution >= 4 is 27.3 Å². The lowest BCUT2D eigenvalue weighted by Crippen LogP contribution is -2.45. The van der Waals surface area contributed by atoms with Crippen LogP contribution >= 0.6 is 11.3 Å². The Morgan fingerprint density at radius 2 is 1.94 bits per heavy atom. The average Bonchev–Trinajstić information content (AvgIpc) is 3.50. The lowest BCUT2D eigenvalue weighted by atomic mass is 10.1. The summed E-state index contributed by atoms with van der Waals surface area (Å²) in [5.41, 5.74) is 0.567. The number of hydrogen-bond acceptors (Lipinski definition) is 6. The molecule has 33 heavy (non-hydrogen) atoms. The van der Waals surface area contributed by atoms with Crippen LogP contribution in [-0.2, 0) is 27.5 Å². The van der Waals surface area contributed by atoms with Gasteiger partial charge in [-0.3, -0.25) is 4.79 Å². The molecule has 0 aliphatic carbocycles. The lowest BCUT2D eigenvalue weighted by Gasteiger charge is -2.22. The predicted octanol–water partition coefficient (Wildman–Crippen LogP) is 3.69. The number of hydrogen-bond donors (Lipinski definition) is 1. The number of halogens is 3. The second kappa shape index (κ2) is 9.20. The smallest absolute Gasteiger partial charge is 0.349 e. The quantitative estimate of drug-likeness (QED) is 0.562. The number of amides is 1. The largest absolute Gasteiger partial charge is 0.416 e. The normalized spacial score (nSPS) is 17.2. The molecule has 4 rings (SSSR count). The monoisotopic (exact) mass is 496 g/mol. The van der Waals surface area contributed by atoms with Gasteiger partial charge < -0.3 is 5.32 Å². The Kier molecular flexibility index (Phi) is 6.50. The number of alkyl halides is 3. The first-order valence-electron chi connectivity index (χ1n) is 9.96. The van der Waals surface area contributed by atoms with Crippen LogP contribution in [0.1, 0.15) is 24.1 Å². The zero-order valence-electron chi connectivity index (χ0n) is 17.1. The van der Waals surface area contributed by atoms with Crippen LogP contribution in [-0.4, -0.2) is 41.2 Å². The Morgan fingerprint density at radius 3 is 2.61 bits per heavy atom. The summed E-state index contributed by atoms with van der Waals surface area (Å²) in [7, 11) is -3.75. The molecular weight excluding hydrogens is 477 g/mol. The Bertz CT molecular complexity index is 1230. The molecule has 0 saturated carbocycles. The molecule has 0 spiro atoms. The molecule has 174 valence electrons. The third-order valence-electron chi connectivity index (χ3n) is 5.28. The molecule has 1 aromatic carbocycles. The lowest BCUT2D eigenvalue weighted by molar-refractivity contribution is -0.137. The maximum absolute atomic E-state index is 12.8. The van der Waals surface area contributed by atoms with Gasteiger partial charge in [0.2, 0.25) is 15.9 Å². The molecule has 3 heterocycles. The summed E-state index contributed by atoms with van der Waals surface area (Å²) in [5.74, 6) is -0.430. The summed E-state index contributed by atoms with van der Waals surface area (Å²) in [6.45, 7) is 0.291. The minimum atomic E-state index is -4.43. The summed E-state index contributed by atoms with van der Waals surface area (Å²) in [5, 5.41) is 5.92. The van der Waals surface area contributed by atoms with Gasteiger partial charge in [0.25, 0.3) is 0 Å². The van der Waals surface area contributed by atoms with Crippen LogP contribution in [0.25, 0.3) is 11.3 Å². The van der Waals surface area contributed by atoms with Crippen molar-refractivity contribution < 1.29 is 26.4 Å². The van der Waals surface area contributed by atoms with Gasteiger partial charge in [-0.05, 0) is 42.5 Å². The van der Waals surface area contributed by atoms with E-state index < -0.39 is 33.7 Å². The molecule has 7 nitrogen and oxygen atoms in total. The third kappa shape index (κ3) is 5.07. The van der Waals surface area contributed by atoms with Crippen LogP contribution in [0.15, 0.2) is 58.4 Å². The van der Waals surface area contributed by atoms with E-state index in [9.17, 15) is 26.4 Å². The summed E-state index contributed by atoms with van der Waals surface area (Å²) in [4.78, 5) is 21.1. The van der Waals surface area contributed by atoms with Crippen molar-refractivity contribution in [1.82, 2.24) is 19.6 Å². The second-order valence-electron chi connectivity index (χ2n) is 7.42. The maximum atomic E-state index is 12.8. The van der Waals surface area contributed by atoms with E-state index in [0.29, 0.717) is 29.8 Å². The van der Waals surface area contributed by atoms with Crippen molar-refractivity contribution in [3.05, 3.63) is 64.7 Å². The van der Waals surface area contributed by atoms with E-state index in [1.165, 1.54) is 45.5 Å². The van der Waals surface area contributed by atoms with Gasteiger partial charge >= 0.3 is 6.18 Å². The zero-order chi connectivity index (χ0) is 23.6. The van der Waals surface area contributed by atoms with E-state index in [4.69, 9.17) is 0 Å². The number of rotatable bonds is 6. The van der Waals surface area contributed by atoms with E-state index in [0.717, 1.165) is 12.1 Å². The number of thiophene rings is 1. The first-order chi connectivity index (χ1) is 15.7. The molecule has 0 radical (unpaired) electrons. The Hall–Kier alpha value is -2.83. The summed E-state index contributed by atoms with van der Waals surface area (Å²) in [6, 6.07) is 6.85. The van der Waals surface area contributed by atoms with E-state index in [2.05, 4.69) is 15.3 Å². The van der Waals surface area contributed by atoms with Crippen LogP contribution in [0, 0.1) is 0 Å².